The fraction of sp³-hybridized carbons (Fsp3) is 0.273. The predicted octanol–water partition coefficient (Wildman–Crippen LogP) is 5.49. The zero-order chi connectivity index (χ0) is 19.5. The Bertz CT molecular complexity index is 1000. The summed E-state index contributed by atoms with van der Waals surface area (Å²) in [6, 6.07) is 13.3. The third-order valence-electron chi connectivity index (χ3n) is 5.37. The normalized spacial score (nSPS) is 18.7. The number of nitrogens with zero attached hydrogens (tertiary/aromatic N) is 2. The second-order valence-corrected chi connectivity index (χ2v) is 7.71. The number of nitrogens with one attached hydrogen (secondary N) is 1. The molecule has 1 aromatic heterocycles. The van der Waals surface area contributed by atoms with Crippen molar-refractivity contribution in [1.29, 1.82) is 0 Å². The number of phenolic OH excluding ortho intramolecular Hbond substituents is 1. The van der Waals surface area contributed by atoms with Crippen LogP contribution >= 0.6 is 36.4 Å². The van der Waals surface area contributed by atoms with Crippen molar-refractivity contribution in [1.82, 2.24) is 15.4 Å². The van der Waals surface area contributed by atoms with E-state index < -0.39 is 0 Å². The summed E-state index contributed by atoms with van der Waals surface area (Å²) in [4.78, 5) is 9.53. The van der Waals surface area contributed by atoms with Crippen LogP contribution in [-0.4, -0.2) is 21.1 Å². The summed E-state index contributed by atoms with van der Waals surface area (Å²) in [7, 11) is 0. The van der Waals surface area contributed by atoms with Crippen molar-refractivity contribution in [2.75, 3.05) is 0 Å². The molecule has 0 amide bonds. The van der Waals surface area contributed by atoms with Crippen molar-refractivity contribution in [2.24, 2.45) is 5.84 Å². The van der Waals surface area contributed by atoms with Gasteiger partial charge in [-0.25, -0.2) is 9.97 Å². The molecule has 4 N–H and O–H groups in total. The lowest BCUT2D eigenvalue weighted by Gasteiger charge is -2.28. The van der Waals surface area contributed by atoms with Crippen LogP contribution in [-0.2, 0) is 0 Å². The van der Waals surface area contributed by atoms with Gasteiger partial charge in [0.2, 0.25) is 0 Å². The number of hydrogen-bond donors (Lipinski definition) is 3. The van der Waals surface area contributed by atoms with Crippen LogP contribution in [0.15, 0.2) is 42.5 Å². The zero-order valence-corrected chi connectivity index (χ0v) is 18.7. The lowest BCUT2D eigenvalue weighted by atomic mass is 9.83. The molecule has 1 aliphatic carbocycles. The third kappa shape index (κ3) is 5.62. The summed E-state index contributed by atoms with van der Waals surface area (Å²) in [5, 5.41) is 11.6. The lowest BCUT2D eigenvalue weighted by Crippen LogP contribution is -2.37. The van der Waals surface area contributed by atoms with Gasteiger partial charge in [-0.2, -0.15) is 0 Å². The molecule has 160 valence electrons. The molecule has 3 aromatic rings. The predicted molar refractivity (Wildman–Crippen MR) is 128 cm³/mol. The first-order valence-corrected chi connectivity index (χ1v) is 9.90. The molecule has 1 heterocycles. The topological polar surface area (TPSA) is 84.1 Å². The maximum atomic E-state index is 9.97. The molecule has 0 spiro atoms. The van der Waals surface area contributed by atoms with Gasteiger partial charge < -0.3 is 5.11 Å². The van der Waals surface area contributed by atoms with Crippen molar-refractivity contribution in [3.63, 3.8) is 0 Å². The molecule has 0 bridgehead atoms. The summed E-state index contributed by atoms with van der Waals surface area (Å²) in [6.07, 6.45) is 7.96. The number of phenols is 1. The molecule has 0 aliphatic heterocycles. The first kappa shape index (κ1) is 24.4. The van der Waals surface area contributed by atoms with Crippen molar-refractivity contribution >= 4 is 59.5 Å². The number of benzene rings is 2. The Labute approximate surface area is 193 Å². The van der Waals surface area contributed by atoms with Crippen molar-refractivity contribution in [2.45, 2.75) is 37.6 Å². The maximum Gasteiger partial charge on any atom is 0.152 e. The Balaban J connectivity index is 0.00000160. The van der Waals surface area contributed by atoms with E-state index in [9.17, 15) is 5.11 Å². The van der Waals surface area contributed by atoms with E-state index in [0.717, 1.165) is 47.8 Å². The number of aromatic hydroxyl groups is 1. The molecule has 1 fully saturated rings. The standard InChI is InChI=1S/C22H23ClN4O.2ClH/c23-16-6-1-14(2-7-16)3-12-21-25-20-11-10-18(28)13-19(20)22(26-21)15-4-8-17(27-24)9-5-15;;/h1-3,6-7,10-13,15,17,27-28H,4-5,8-9,24H2;2*1H/t15-,17+;;. The van der Waals surface area contributed by atoms with Gasteiger partial charge in [0.1, 0.15) is 5.75 Å². The average molecular weight is 468 g/mol. The fourth-order valence-corrected chi connectivity index (χ4v) is 3.95. The number of halogens is 3. The van der Waals surface area contributed by atoms with Gasteiger partial charge in [0.25, 0.3) is 0 Å². The molecule has 2 aromatic carbocycles. The summed E-state index contributed by atoms with van der Waals surface area (Å²) in [6.45, 7) is 0. The quantitative estimate of drug-likeness (QED) is 0.349. The Hall–Kier alpha value is -1.89. The van der Waals surface area contributed by atoms with E-state index in [1.807, 2.05) is 42.5 Å². The third-order valence-corrected chi connectivity index (χ3v) is 5.62. The monoisotopic (exact) mass is 466 g/mol. The minimum atomic E-state index is 0. The number of hydrogen-bond acceptors (Lipinski definition) is 5. The largest absolute Gasteiger partial charge is 0.508 e. The van der Waals surface area contributed by atoms with E-state index in [1.54, 1.807) is 12.1 Å². The second-order valence-electron chi connectivity index (χ2n) is 7.27. The molecule has 4 rings (SSSR count). The molecule has 0 unspecified atom stereocenters. The van der Waals surface area contributed by atoms with Gasteiger partial charge >= 0.3 is 0 Å². The van der Waals surface area contributed by atoms with E-state index in [0.29, 0.717) is 22.8 Å². The van der Waals surface area contributed by atoms with E-state index in [4.69, 9.17) is 22.4 Å². The number of hydrazine groups is 1. The van der Waals surface area contributed by atoms with Crippen molar-refractivity contribution < 1.29 is 5.11 Å². The average Bonchev–Trinajstić information content (AvgIpc) is 2.73. The molecule has 0 atom stereocenters. The van der Waals surface area contributed by atoms with E-state index in [-0.39, 0.29) is 30.6 Å². The van der Waals surface area contributed by atoms with Crippen LogP contribution in [0.4, 0.5) is 0 Å². The summed E-state index contributed by atoms with van der Waals surface area (Å²) >= 11 is 5.95. The molecule has 0 radical (unpaired) electrons. The number of aromatic nitrogens is 2. The number of rotatable bonds is 4. The highest BCUT2D eigenvalue weighted by molar-refractivity contribution is 6.30. The molecule has 1 aliphatic rings. The van der Waals surface area contributed by atoms with Crippen molar-refractivity contribution in [3.05, 3.63) is 64.6 Å². The highest BCUT2D eigenvalue weighted by Crippen LogP contribution is 2.36. The van der Waals surface area contributed by atoms with Crippen molar-refractivity contribution in [3.8, 4) is 5.75 Å². The first-order chi connectivity index (χ1) is 13.6. The molecule has 5 nitrogen and oxygen atoms in total. The summed E-state index contributed by atoms with van der Waals surface area (Å²) in [5.74, 6) is 6.84. The minimum absolute atomic E-state index is 0. The Morgan fingerprint density at radius 1 is 0.967 bits per heavy atom. The number of fused-ring (bicyclic) bond motifs is 1. The Morgan fingerprint density at radius 2 is 1.67 bits per heavy atom. The fourth-order valence-electron chi connectivity index (χ4n) is 3.82. The van der Waals surface area contributed by atoms with Gasteiger partial charge in [0.15, 0.2) is 5.82 Å². The SMILES string of the molecule is Cl.Cl.NN[C@H]1CC[C@@H](c2nc(C=Cc3ccc(Cl)cc3)nc3ccc(O)cc32)CC1. The van der Waals surface area contributed by atoms with Gasteiger partial charge in [0, 0.05) is 22.4 Å². The molecular weight excluding hydrogens is 443 g/mol. The van der Waals surface area contributed by atoms with E-state index >= 15 is 0 Å². The van der Waals surface area contributed by atoms with Crippen LogP contribution in [0.3, 0.4) is 0 Å². The molecule has 8 heteroatoms. The van der Waals surface area contributed by atoms with Gasteiger partial charge in [-0.05, 0) is 67.7 Å². The summed E-state index contributed by atoms with van der Waals surface area (Å²) in [5.41, 5.74) is 5.77. The number of nitrogens with two attached hydrogens (primary N) is 1. The second kappa shape index (κ2) is 10.9. The van der Waals surface area contributed by atoms with Gasteiger partial charge in [0.05, 0.1) is 11.2 Å². The van der Waals surface area contributed by atoms with Crippen LogP contribution in [0.1, 0.15) is 48.7 Å². The summed E-state index contributed by atoms with van der Waals surface area (Å²) < 4.78 is 0. The van der Waals surface area contributed by atoms with Crippen LogP contribution in [0, 0.1) is 0 Å². The zero-order valence-electron chi connectivity index (χ0n) is 16.3. The van der Waals surface area contributed by atoms with Crippen LogP contribution in [0.25, 0.3) is 23.1 Å². The Morgan fingerprint density at radius 3 is 2.33 bits per heavy atom. The Kier molecular flexibility index (Phi) is 8.89. The smallest absolute Gasteiger partial charge is 0.152 e. The maximum absolute atomic E-state index is 9.97. The van der Waals surface area contributed by atoms with Crippen LogP contribution < -0.4 is 11.3 Å². The first-order valence-electron chi connectivity index (χ1n) is 9.53. The molecular formula is C22H25Cl3N4O. The van der Waals surface area contributed by atoms with Crippen LogP contribution in [0.2, 0.25) is 5.02 Å². The van der Waals surface area contributed by atoms with Gasteiger partial charge in [-0.3, -0.25) is 11.3 Å². The highest BCUT2D eigenvalue weighted by atomic mass is 35.5. The molecule has 0 saturated heterocycles. The van der Waals surface area contributed by atoms with E-state index in [1.165, 1.54) is 0 Å². The van der Waals surface area contributed by atoms with Crippen LogP contribution in [0.5, 0.6) is 5.75 Å². The van der Waals surface area contributed by atoms with E-state index in [2.05, 4.69) is 10.4 Å². The molecule has 30 heavy (non-hydrogen) atoms. The van der Waals surface area contributed by atoms with Gasteiger partial charge in [-0.1, -0.05) is 29.8 Å². The van der Waals surface area contributed by atoms with Gasteiger partial charge in [-0.15, -0.1) is 24.8 Å². The highest BCUT2D eigenvalue weighted by Gasteiger charge is 2.24. The minimum Gasteiger partial charge on any atom is -0.508 e. The molecule has 1 saturated carbocycles. The lowest BCUT2D eigenvalue weighted by molar-refractivity contribution is 0.344.